The first-order chi connectivity index (χ1) is 16.6. The van der Waals surface area contributed by atoms with Gasteiger partial charge in [0.25, 0.3) is 0 Å². The van der Waals surface area contributed by atoms with Gasteiger partial charge in [0, 0.05) is 25.5 Å². The SMILES string of the molecule is CCO[C@@H](Cc1ccc(CC[C@H](C(=S)NCCc2ccccc2)c2ccccc2)cc1)C(=O)O. The number of nitrogens with one attached hydrogen (secondary N) is 1. The van der Waals surface area contributed by atoms with E-state index >= 15 is 0 Å². The predicted molar refractivity (Wildman–Crippen MR) is 141 cm³/mol. The molecule has 0 radical (unpaired) electrons. The minimum atomic E-state index is -0.926. The lowest BCUT2D eigenvalue weighted by molar-refractivity contribution is -0.149. The highest BCUT2D eigenvalue weighted by atomic mass is 32.1. The monoisotopic (exact) mass is 475 g/mol. The smallest absolute Gasteiger partial charge is 0.333 e. The molecule has 178 valence electrons. The molecule has 0 aromatic heterocycles. The first-order valence-corrected chi connectivity index (χ1v) is 12.3. The van der Waals surface area contributed by atoms with E-state index in [-0.39, 0.29) is 5.92 Å². The Labute approximate surface area is 208 Å². The second-order valence-corrected chi connectivity index (χ2v) is 8.77. The normalized spacial score (nSPS) is 12.6. The lowest BCUT2D eigenvalue weighted by Gasteiger charge is -2.20. The fourth-order valence-electron chi connectivity index (χ4n) is 4.02. The van der Waals surface area contributed by atoms with Gasteiger partial charge in [0.2, 0.25) is 0 Å². The van der Waals surface area contributed by atoms with E-state index < -0.39 is 12.1 Å². The maximum absolute atomic E-state index is 11.3. The molecule has 0 bridgehead atoms. The zero-order valence-corrected chi connectivity index (χ0v) is 20.5. The van der Waals surface area contributed by atoms with Gasteiger partial charge >= 0.3 is 5.97 Å². The van der Waals surface area contributed by atoms with Crippen LogP contribution in [0.3, 0.4) is 0 Å². The molecule has 0 heterocycles. The minimum absolute atomic E-state index is 0.140. The lowest BCUT2D eigenvalue weighted by atomic mass is 9.91. The number of hydrogen-bond acceptors (Lipinski definition) is 3. The van der Waals surface area contributed by atoms with Crippen molar-refractivity contribution in [1.29, 1.82) is 0 Å². The van der Waals surface area contributed by atoms with Crippen molar-refractivity contribution in [2.45, 2.75) is 44.6 Å². The Morgan fingerprint density at radius 1 is 0.882 bits per heavy atom. The van der Waals surface area contributed by atoms with E-state index in [4.69, 9.17) is 17.0 Å². The quantitative estimate of drug-likeness (QED) is 0.315. The third kappa shape index (κ3) is 8.08. The number of carbonyl (C=O) groups is 1. The molecule has 5 heteroatoms. The molecule has 0 spiro atoms. The van der Waals surface area contributed by atoms with Crippen molar-refractivity contribution in [1.82, 2.24) is 5.32 Å². The van der Waals surface area contributed by atoms with E-state index in [2.05, 4.69) is 66.0 Å². The minimum Gasteiger partial charge on any atom is -0.479 e. The molecule has 4 nitrogen and oxygen atoms in total. The summed E-state index contributed by atoms with van der Waals surface area (Å²) in [5.41, 5.74) is 4.68. The summed E-state index contributed by atoms with van der Waals surface area (Å²) in [7, 11) is 0. The molecule has 0 fully saturated rings. The maximum Gasteiger partial charge on any atom is 0.333 e. The average molecular weight is 476 g/mol. The van der Waals surface area contributed by atoms with Crippen molar-refractivity contribution in [2.75, 3.05) is 13.2 Å². The standard InChI is InChI=1S/C29H33NO3S/c1-2-33-27(29(31)32)21-24-15-13-23(14-16-24)17-18-26(25-11-7-4-8-12-25)28(34)30-20-19-22-9-5-3-6-10-22/h3-16,26-27H,2,17-21H2,1H3,(H,30,34)(H,31,32)/t26-,27-/m0/s1. The van der Waals surface area contributed by atoms with Crippen molar-refractivity contribution in [3.63, 3.8) is 0 Å². The van der Waals surface area contributed by atoms with Gasteiger partial charge in [0.15, 0.2) is 6.10 Å². The number of aliphatic carboxylic acids is 1. The Hall–Kier alpha value is -3.02. The second-order valence-electron chi connectivity index (χ2n) is 8.33. The van der Waals surface area contributed by atoms with Gasteiger partial charge in [-0.3, -0.25) is 0 Å². The van der Waals surface area contributed by atoms with Gasteiger partial charge in [-0.25, -0.2) is 4.79 Å². The number of ether oxygens (including phenoxy) is 1. The van der Waals surface area contributed by atoms with Crippen LogP contribution >= 0.6 is 12.2 Å². The zero-order valence-electron chi connectivity index (χ0n) is 19.7. The van der Waals surface area contributed by atoms with Gasteiger partial charge in [-0.05, 0) is 48.4 Å². The van der Waals surface area contributed by atoms with Crippen LogP contribution in [0.5, 0.6) is 0 Å². The van der Waals surface area contributed by atoms with Gasteiger partial charge in [-0.15, -0.1) is 0 Å². The summed E-state index contributed by atoms with van der Waals surface area (Å²) in [5, 5.41) is 12.8. The van der Waals surface area contributed by atoms with E-state index in [1.807, 2.05) is 31.2 Å². The number of rotatable bonds is 13. The van der Waals surface area contributed by atoms with Crippen molar-refractivity contribution in [3.8, 4) is 0 Å². The van der Waals surface area contributed by atoms with Gasteiger partial charge in [0.05, 0.1) is 4.99 Å². The van der Waals surface area contributed by atoms with E-state index in [1.165, 1.54) is 16.7 Å². The number of benzene rings is 3. The molecule has 0 aliphatic carbocycles. The highest BCUT2D eigenvalue weighted by Crippen LogP contribution is 2.23. The van der Waals surface area contributed by atoms with Gasteiger partial charge in [-0.2, -0.15) is 0 Å². The summed E-state index contributed by atoms with van der Waals surface area (Å²) < 4.78 is 5.33. The molecule has 0 saturated carbocycles. The Kier molecular flexibility index (Phi) is 10.3. The van der Waals surface area contributed by atoms with Crippen molar-refractivity contribution < 1.29 is 14.6 Å². The molecule has 0 unspecified atom stereocenters. The van der Waals surface area contributed by atoms with Crippen LogP contribution in [0.25, 0.3) is 0 Å². The molecule has 3 aromatic carbocycles. The summed E-state index contributed by atoms with van der Waals surface area (Å²) in [5.74, 6) is -0.786. The molecule has 34 heavy (non-hydrogen) atoms. The summed E-state index contributed by atoms with van der Waals surface area (Å²) in [4.78, 5) is 12.2. The summed E-state index contributed by atoms with van der Waals surface area (Å²) >= 11 is 5.83. The number of carboxylic acids is 1. The Morgan fingerprint density at radius 3 is 2.09 bits per heavy atom. The number of thiocarbonyl (C=S) groups is 1. The molecular weight excluding hydrogens is 442 g/mol. The molecule has 0 aliphatic rings. The zero-order chi connectivity index (χ0) is 24.2. The molecule has 2 N–H and O–H groups in total. The molecule has 3 rings (SSSR count). The maximum atomic E-state index is 11.3. The third-order valence-corrected chi connectivity index (χ3v) is 6.31. The van der Waals surface area contributed by atoms with Crippen LogP contribution in [0.2, 0.25) is 0 Å². The molecule has 0 aliphatic heterocycles. The van der Waals surface area contributed by atoms with Crippen LogP contribution < -0.4 is 5.32 Å². The summed E-state index contributed by atoms with van der Waals surface area (Å²) in [6, 6.07) is 29.0. The molecule has 0 amide bonds. The van der Waals surface area contributed by atoms with Crippen LogP contribution in [0, 0.1) is 0 Å². The van der Waals surface area contributed by atoms with Gasteiger partial charge in [-0.1, -0.05) is 97.1 Å². The molecular formula is C29H33NO3S. The molecule has 0 saturated heterocycles. The van der Waals surface area contributed by atoms with E-state index in [0.717, 1.165) is 36.4 Å². The van der Waals surface area contributed by atoms with Gasteiger partial charge < -0.3 is 15.2 Å². The second kappa shape index (κ2) is 13.6. The lowest BCUT2D eigenvalue weighted by Crippen LogP contribution is -2.29. The Balaban J connectivity index is 1.59. The largest absolute Gasteiger partial charge is 0.479 e. The Morgan fingerprint density at radius 2 is 1.47 bits per heavy atom. The highest BCUT2D eigenvalue weighted by Gasteiger charge is 2.19. The van der Waals surface area contributed by atoms with Crippen molar-refractivity contribution in [3.05, 3.63) is 107 Å². The highest BCUT2D eigenvalue weighted by molar-refractivity contribution is 7.80. The number of hydrogen-bond donors (Lipinski definition) is 2. The van der Waals surface area contributed by atoms with E-state index in [1.54, 1.807) is 0 Å². The van der Waals surface area contributed by atoms with Crippen LogP contribution in [0.15, 0.2) is 84.9 Å². The molecule has 3 aromatic rings. The average Bonchev–Trinajstić information content (AvgIpc) is 2.86. The predicted octanol–water partition coefficient (Wildman–Crippen LogP) is 5.59. The number of carboxylic acid groups (broad SMARTS) is 1. The van der Waals surface area contributed by atoms with Gasteiger partial charge in [0.1, 0.15) is 0 Å². The summed E-state index contributed by atoms with van der Waals surface area (Å²) in [6.45, 7) is 3.00. The van der Waals surface area contributed by atoms with Crippen LogP contribution in [0.4, 0.5) is 0 Å². The fraction of sp³-hybridized carbons (Fsp3) is 0.310. The first-order valence-electron chi connectivity index (χ1n) is 11.9. The third-order valence-electron chi connectivity index (χ3n) is 5.88. The van der Waals surface area contributed by atoms with Crippen molar-refractivity contribution in [2.24, 2.45) is 0 Å². The van der Waals surface area contributed by atoms with Crippen molar-refractivity contribution >= 4 is 23.2 Å². The fourth-order valence-corrected chi connectivity index (χ4v) is 4.37. The summed E-state index contributed by atoms with van der Waals surface area (Å²) in [6.07, 6.45) is 2.28. The first kappa shape index (κ1) is 25.6. The Bertz CT molecular complexity index is 1020. The topological polar surface area (TPSA) is 58.6 Å². The van der Waals surface area contributed by atoms with Crippen LogP contribution in [-0.2, 0) is 28.8 Å². The van der Waals surface area contributed by atoms with E-state index in [0.29, 0.717) is 13.0 Å². The van der Waals surface area contributed by atoms with E-state index in [9.17, 15) is 9.90 Å². The van der Waals surface area contributed by atoms with Crippen LogP contribution in [0.1, 0.15) is 41.5 Å². The van der Waals surface area contributed by atoms with Crippen LogP contribution in [-0.4, -0.2) is 35.3 Å². The molecule has 2 atom stereocenters. The number of aryl methyl sites for hydroxylation is 1.